The summed E-state index contributed by atoms with van der Waals surface area (Å²) in [5.74, 6) is 0.603. The largest absolute Gasteiger partial charge is 0.496 e. The first-order chi connectivity index (χ1) is 10.2. The molecule has 0 radical (unpaired) electrons. The number of hydrogen-bond acceptors (Lipinski definition) is 3. The van der Waals surface area contributed by atoms with Crippen LogP contribution in [0.25, 0.3) is 0 Å². The molecule has 0 aliphatic heterocycles. The van der Waals surface area contributed by atoms with Crippen molar-refractivity contribution in [1.29, 1.82) is 0 Å². The van der Waals surface area contributed by atoms with Gasteiger partial charge >= 0.3 is 0 Å². The van der Waals surface area contributed by atoms with Crippen molar-refractivity contribution in [2.75, 3.05) is 12.8 Å². The number of carbonyl (C=O) groups is 1. The van der Waals surface area contributed by atoms with Gasteiger partial charge in [-0.2, -0.15) is 0 Å². The number of ether oxygens (including phenoxy) is 1. The van der Waals surface area contributed by atoms with E-state index in [4.69, 9.17) is 10.5 Å². The summed E-state index contributed by atoms with van der Waals surface area (Å²) in [5.41, 5.74) is 9.51. The minimum absolute atomic E-state index is 0.0500. The van der Waals surface area contributed by atoms with E-state index in [-0.39, 0.29) is 11.2 Å². The lowest BCUT2D eigenvalue weighted by atomic mass is 9.83. The smallest absolute Gasteiger partial charge is 0.196 e. The van der Waals surface area contributed by atoms with E-state index < -0.39 is 0 Å². The number of nitrogens with two attached hydrogens (primary N) is 1. The fourth-order valence-electron chi connectivity index (χ4n) is 2.51. The number of methoxy groups -OCH3 is 1. The van der Waals surface area contributed by atoms with E-state index in [1.165, 1.54) is 0 Å². The second-order valence-corrected chi connectivity index (χ2v) is 6.59. The normalized spacial score (nSPS) is 11.3. The van der Waals surface area contributed by atoms with Crippen LogP contribution in [0.2, 0.25) is 0 Å². The molecule has 22 heavy (non-hydrogen) atoms. The first kappa shape index (κ1) is 16.1. The Balaban J connectivity index is 2.61. The number of rotatable bonds is 3. The molecule has 3 nitrogen and oxygen atoms in total. The molecule has 0 aliphatic carbocycles. The van der Waals surface area contributed by atoms with Gasteiger partial charge in [0.1, 0.15) is 5.75 Å². The Morgan fingerprint density at radius 1 is 1.09 bits per heavy atom. The Labute approximate surface area is 132 Å². The van der Waals surface area contributed by atoms with Gasteiger partial charge < -0.3 is 10.5 Å². The predicted molar refractivity (Wildman–Crippen MR) is 90.7 cm³/mol. The van der Waals surface area contributed by atoms with Gasteiger partial charge in [0.15, 0.2) is 5.78 Å². The standard InChI is InChI=1S/C19H23NO2/c1-12-10-15(17(21)13-6-8-14(20)9-7-13)18(22-5)16(11-12)19(2,3)4/h6-11H,20H2,1-5H3. The Kier molecular flexibility index (Phi) is 4.27. The molecule has 0 spiro atoms. The molecule has 0 unspecified atom stereocenters. The lowest BCUT2D eigenvalue weighted by Crippen LogP contribution is -2.16. The van der Waals surface area contributed by atoms with Crippen molar-refractivity contribution in [1.82, 2.24) is 0 Å². The summed E-state index contributed by atoms with van der Waals surface area (Å²) in [6.45, 7) is 8.33. The summed E-state index contributed by atoms with van der Waals surface area (Å²) < 4.78 is 5.58. The topological polar surface area (TPSA) is 52.3 Å². The second-order valence-electron chi connectivity index (χ2n) is 6.59. The van der Waals surface area contributed by atoms with Crippen LogP contribution in [0.4, 0.5) is 5.69 Å². The number of anilines is 1. The molecule has 0 aromatic heterocycles. The summed E-state index contributed by atoms with van der Waals surface area (Å²) >= 11 is 0. The van der Waals surface area contributed by atoms with Gasteiger partial charge in [-0.1, -0.05) is 26.8 Å². The van der Waals surface area contributed by atoms with Crippen LogP contribution in [-0.4, -0.2) is 12.9 Å². The average molecular weight is 297 g/mol. The van der Waals surface area contributed by atoms with Crippen LogP contribution in [0.1, 0.15) is 47.8 Å². The van der Waals surface area contributed by atoms with Gasteiger partial charge in [-0.15, -0.1) is 0 Å². The van der Waals surface area contributed by atoms with Gasteiger partial charge in [0.2, 0.25) is 0 Å². The molecule has 0 atom stereocenters. The molecule has 0 saturated heterocycles. The summed E-state index contributed by atoms with van der Waals surface area (Å²) in [6, 6.07) is 10.9. The van der Waals surface area contributed by atoms with Crippen molar-refractivity contribution in [3.63, 3.8) is 0 Å². The van der Waals surface area contributed by atoms with Crippen LogP contribution in [0, 0.1) is 6.92 Å². The minimum atomic E-state index is -0.104. The molecule has 0 heterocycles. The zero-order chi connectivity index (χ0) is 16.5. The molecular formula is C19H23NO2. The maximum absolute atomic E-state index is 12.8. The maximum atomic E-state index is 12.8. The number of hydrogen-bond donors (Lipinski definition) is 1. The van der Waals surface area contributed by atoms with Crippen LogP contribution in [-0.2, 0) is 5.41 Å². The van der Waals surface area contributed by atoms with E-state index in [0.717, 1.165) is 11.1 Å². The zero-order valence-corrected chi connectivity index (χ0v) is 13.9. The van der Waals surface area contributed by atoms with Crippen molar-refractivity contribution >= 4 is 11.5 Å². The van der Waals surface area contributed by atoms with E-state index in [1.807, 2.05) is 13.0 Å². The molecule has 2 N–H and O–H groups in total. The summed E-state index contributed by atoms with van der Waals surface area (Å²) in [6.07, 6.45) is 0. The van der Waals surface area contributed by atoms with Crippen molar-refractivity contribution in [3.05, 3.63) is 58.7 Å². The monoisotopic (exact) mass is 297 g/mol. The molecule has 2 rings (SSSR count). The first-order valence-corrected chi connectivity index (χ1v) is 7.33. The molecular weight excluding hydrogens is 274 g/mol. The molecule has 0 saturated carbocycles. The van der Waals surface area contributed by atoms with Gasteiger partial charge in [-0.25, -0.2) is 0 Å². The number of ketones is 1. The molecule has 0 amide bonds. The summed E-state index contributed by atoms with van der Waals surface area (Å²) in [4.78, 5) is 12.8. The third-order valence-corrected chi connectivity index (χ3v) is 3.66. The van der Waals surface area contributed by atoms with Crippen LogP contribution in [0.5, 0.6) is 5.75 Å². The molecule has 2 aromatic carbocycles. The highest BCUT2D eigenvalue weighted by atomic mass is 16.5. The third-order valence-electron chi connectivity index (χ3n) is 3.66. The highest BCUT2D eigenvalue weighted by Gasteiger charge is 2.25. The maximum Gasteiger partial charge on any atom is 0.196 e. The highest BCUT2D eigenvalue weighted by molar-refractivity contribution is 6.11. The molecule has 3 heteroatoms. The second kappa shape index (κ2) is 5.84. The fourth-order valence-corrected chi connectivity index (χ4v) is 2.51. The SMILES string of the molecule is COc1c(C(=O)c2ccc(N)cc2)cc(C)cc1C(C)(C)C. The molecule has 0 bridgehead atoms. The van der Waals surface area contributed by atoms with Crippen molar-refractivity contribution in [2.24, 2.45) is 0 Å². The van der Waals surface area contributed by atoms with E-state index in [0.29, 0.717) is 22.6 Å². The van der Waals surface area contributed by atoms with Gasteiger partial charge in [-0.05, 0) is 48.2 Å². The van der Waals surface area contributed by atoms with Crippen LogP contribution < -0.4 is 10.5 Å². The average Bonchev–Trinajstić information content (AvgIpc) is 2.45. The van der Waals surface area contributed by atoms with Crippen LogP contribution >= 0.6 is 0 Å². The molecule has 0 aliphatic rings. The van der Waals surface area contributed by atoms with Crippen molar-refractivity contribution < 1.29 is 9.53 Å². The highest BCUT2D eigenvalue weighted by Crippen LogP contribution is 2.36. The predicted octanol–water partition coefficient (Wildman–Crippen LogP) is 4.11. The number of carbonyl (C=O) groups excluding carboxylic acids is 1. The minimum Gasteiger partial charge on any atom is -0.496 e. The third kappa shape index (κ3) is 3.14. The lowest BCUT2D eigenvalue weighted by molar-refractivity contribution is 0.103. The summed E-state index contributed by atoms with van der Waals surface area (Å²) in [5, 5.41) is 0. The van der Waals surface area contributed by atoms with E-state index >= 15 is 0 Å². The number of nitrogen functional groups attached to an aromatic ring is 1. The molecule has 2 aromatic rings. The quantitative estimate of drug-likeness (QED) is 0.685. The number of benzene rings is 2. The van der Waals surface area contributed by atoms with E-state index in [2.05, 4.69) is 26.8 Å². The fraction of sp³-hybridized carbons (Fsp3) is 0.316. The Hall–Kier alpha value is -2.29. The first-order valence-electron chi connectivity index (χ1n) is 7.33. The van der Waals surface area contributed by atoms with Crippen molar-refractivity contribution in [3.8, 4) is 5.75 Å². The van der Waals surface area contributed by atoms with Gasteiger partial charge in [0.25, 0.3) is 0 Å². The zero-order valence-electron chi connectivity index (χ0n) is 13.9. The Morgan fingerprint density at radius 2 is 1.68 bits per heavy atom. The summed E-state index contributed by atoms with van der Waals surface area (Å²) in [7, 11) is 1.61. The van der Waals surface area contributed by atoms with E-state index in [9.17, 15) is 4.79 Å². The van der Waals surface area contributed by atoms with Gasteiger partial charge in [0.05, 0.1) is 12.7 Å². The Morgan fingerprint density at radius 3 is 2.18 bits per heavy atom. The molecule has 116 valence electrons. The van der Waals surface area contributed by atoms with Gasteiger partial charge in [-0.3, -0.25) is 4.79 Å². The number of aryl methyl sites for hydroxylation is 1. The lowest BCUT2D eigenvalue weighted by Gasteiger charge is -2.24. The van der Waals surface area contributed by atoms with Crippen molar-refractivity contribution in [2.45, 2.75) is 33.1 Å². The Bertz CT molecular complexity index is 695. The van der Waals surface area contributed by atoms with Gasteiger partial charge in [0, 0.05) is 16.8 Å². The molecule has 0 fully saturated rings. The van der Waals surface area contributed by atoms with E-state index in [1.54, 1.807) is 31.4 Å². The van der Waals surface area contributed by atoms with Crippen LogP contribution in [0.3, 0.4) is 0 Å². The van der Waals surface area contributed by atoms with Crippen LogP contribution in [0.15, 0.2) is 36.4 Å².